The summed E-state index contributed by atoms with van der Waals surface area (Å²) < 4.78 is 34.0. The number of hydrogen-bond acceptors (Lipinski definition) is 3. The van der Waals surface area contributed by atoms with Gasteiger partial charge in [0.15, 0.2) is 0 Å². The summed E-state index contributed by atoms with van der Waals surface area (Å²) in [5.41, 5.74) is 0. The van der Waals surface area contributed by atoms with E-state index in [4.69, 9.17) is 0 Å². The molecule has 0 aliphatic carbocycles. The van der Waals surface area contributed by atoms with E-state index >= 15 is 0 Å². The van der Waals surface area contributed by atoms with Crippen molar-refractivity contribution in [2.24, 2.45) is 5.92 Å². The van der Waals surface area contributed by atoms with Crippen molar-refractivity contribution in [2.45, 2.75) is 77.6 Å². The SMILES string of the molecule is CCCCCCCCCCCCN1CC(CS(=O)(=O)F)CC1=O. The van der Waals surface area contributed by atoms with Crippen LogP contribution in [0.15, 0.2) is 0 Å². The second-order valence-corrected chi connectivity index (χ2v) is 8.21. The molecule has 0 aromatic rings. The lowest BCUT2D eigenvalue weighted by Crippen LogP contribution is -2.27. The second-order valence-electron chi connectivity index (χ2n) is 6.80. The van der Waals surface area contributed by atoms with Crippen LogP contribution in [-0.4, -0.2) is 38.1 Å². The Labute approximate surface area is 141 Å². The van der Waals surface area contributed by atoms with Crippen molar-refractivity contribution in [3.05, 3.63) is 0 Å². The highest BCUT2D eigenvalue weighted by atomic mass is 32.3. The lowest BCUT2D eigenvalue weighted by molar-refractivity contribution is -0.127. The molecule has 4 nitrogen and oxygen atoms in total. The molecule has 136 valence electrons. The van der Waals surface area contributed by atoms with Gasteiger partial charge < -0.3 is 4.90 Å². The van der Waals surface area contributed by atoms with Gasteiger partial charge in [0.25, 0.3) is 0 Å². The van der Waals surface area contributed by atoms with Gasteiger partial charge in [-0.05, 0) is 6.42 Å². The molecule has 1 fully saturated rings. The topological polar surface area (TPSA) is 54.5 Å². The van der Waals surface area contributed by atoms with Crippen LogP contribution in [0.5, 0.6) is 0 Å². The van der Waals surface area contributed by atoms with Crippen LogP contribution in [0.2, 0.25) is 0 Å². The Kier molecular flexibility index (Phi) is 9.75. The highest BCUT2D eigenvalue weighted by Crippen LogP contribution is 2.21. The Morgan fingerprint density at radius 3 is 2.04 bits per heavy atom. The summed E-state index contributed by atoms with van der Waals surface area (Å²) in [5, 5.41) is 0. The number of nitrogens with zero attached hydrogens (tertiary/aromatic N) is 1. The number of carbonyl (C=O) groups is 1. The summed E-state index contributed by atoms with van der Waals surface area (Å²) in [7, 11) is -4.48. The molecule has 0 spiro atoms. The number of hydrogen-bond donors (Lipinski definition) is 0. The number of carbonyl (C=O) groups excluding carboxylic acids is 1. The quantitative estimate of drug-likeness (QED) is 0.372. The number of likely N-dealkylation sites (tertiary alicyclic amines) is 1. The van der Waals surface area contributed by atoms with Gasteiger partial charge >= 0.3 is 10.2 Å². The first-order valence-electron chi connectivity index (χ1n) is 9.12. The monoisotopic (exact) mass is 349 g/mol. The molecule has 0 bridgehead atoms. The van der Waals surface area contributed by atoms with Gasteiger partial charge in [-0.3, -0.25) is 4.79 Å². The molecule has 1 saturated heterocycles. The summed E-state index contributed by atoms with van der Waals surface area (Å²) in [5.74, 6) is -0.928. The normalized spacial score (nSPS) is 18.8. The lowest BCUT2D eigenvalue weighted by Gasteiger charge is -2.16. The molecule has 0 aromatic heterocycles. The number of halogens is 1. The third kappa shape index (κ3) is 9.95. The summed E-state index contributed by atoms with van der Waals surface area (Å²) in [4.78, 5) is 13.5. The standard InChI is InChI=1S/C17H32FNO3S/c1-2-3-4-5-6-7-8-9-10-11-12-19-14-16(13-17(19)20)15-23(18,21)22/h16H,2-15H2,1H3. The molecule has 1 amide bonds. The van der Waals surface area contributed by atoms with Crippen LogP contribution in [0.4, 0.5) is 3.89 Å². The predicted molar refractivity (Wildman–Crippen MR) is 91.4 cm³/mol. The van der Waals surface area contributed by atoms with Crippen molar-refractivity contribution in [1.29, 1.82) is 0 Å². The molecular formula is C17H32FNO3S. The predicted octanol–water partition coefficient (Wildman–Crippen LogP) is 4.06. The van der Waals surface area contributed by atoms with Crippen LogP contribution in [0.25, 0.3) is 0 Å². The zero-order valence-corrected chi connectivity index (χ0v) is 15.3. The van der Waals surface area contributed by atoms with Crippen LogP contribution in [0.3, 0.4) is 0 Å². The molecule has 1 aliphatic rings. The van der Waals surface area contributed by atoms with Crippen LogP contribution < -0.4 is 0 Å². The third-order valence-electron chi connectivity index (χ3n) is 4.51. The molecule has 6 heteroatoms. The van der Waals surface area contributed by atoms with Crippen molar-refractivity contribution in [1.82, 2.24) is 4.90 Å². The van der Waals surface area contributed by atoms with Crippen LogP contribution in [0, 0.1) is 5.92 Å². The third-order valence-corrected chi connectivity index (χ3v) is 5.38. The first-order chi connectivity index (χ1) is 10.9. The smallest absolute Gasteiger partial charge is 0.302 e. The van der Waals surface area contributed by atoms with Crippen LogP contribution in [-0.2, 0) is 15.0 Å². The van der Waals surface area contributed by atoms with Gasteiger partial charge in [-0.1, -0.05) is 64.7 Å². The maximum atomic E-state index is 12.7. The van der Waals surface area contributed by atoms with Gasteiger partial charge in [-0.2, -0.15) is 8.42 Å². The van der Waals surface area contributed by atoms with E-state index in [1.165, 1.54) is 51.4 Å². The van der Waals surface area contributed by atoms with E-state index in [1.54, 1.807) is 4.90 Å². The number of amides is 1. The lowest BCUT2D eigenvalue weighted by atomic mass is 10.1. The van der Waals surface area contributed by atoms with Gasteiger partial charge in [0.2, 0.25) is 5.91 Å². The van der Waals surface area contributed by atoms with Crippen molar-refractivity contribution < 1.29 is 17.1 Å². The molecule has 1 aliphatic heterocycles. The van der Waals surface area contributed by atoms with Gasteiger partial charge in [0.05, 0.1) is 5.75 Å². The highest BCUT2D eigenvalue weighted by molar-refractivity contribution is 7.86. The molecular weight excluding hydrogens is 317 g/mol. The average Bonchev–Trinajstić information content (AvgIpc) is 2.78. The molecule has 1 heterocycles. The first-order valence-corrected chi connectivity index (χ1v) is 10.7. The zero-order valence-electron chi connectivity index (χ0n) is 14.4. The van der Waals surface area contributed by atoms with E-state index in [-0.39, 0.29) is 18.2 Å². The molecule has 0 radical (unpaired) electrons. The van der Waals surface area contributed by atoms with Gasteiger partial charge in [0, 0.05) is 25.4 Å². The zero-order chi connectivity index (χ0) is 17.1. The molecule has 23 heavy (non-hydrogen) atoms. The number of rotatable bonds is 13. The fourth-order valence-electron chi connectivity index (χ4n) is 3.25. The van der Waals surface area contributed by atoms with E-state index in [2.05, 4.69) is 6.92 Å². The van der Waals surface area contributed by atoms with Crippen molar-refractivity contribution in [2.75, 3.05) is 18.8 Å². The highest BCUT2D eigenvalue weighted by Gasteiger charge is 2.32. The van der Waals surface area contributed by atoms with Gasteiger partial charge in [0.1, 0.15) is 0 Å². The Morgan fingerprint density at radius 1 is 1.00 bits per heavy atom. The van der Waals surface area contributed by atoms with Crippen molar-refractivity contribution >= 4 is 16.1 Å². The number of unbranched alkanes of at least 4 members (excludes halogenated alkanes) is 9. The fourth-order valence-corrected chi connectivity index (χ4v) is 4.04. The van der Waals surface area contributed by atoms with E-state index in [0.29, 0.717) is 13.1 Å². The minimum Gasteiger partial charge on any atom is -0.342 e. The van der Waals surface area contributed by atoms with Crippen molar-refractivity contribution in [3.63, 3.8) is 0 Å². The maximum absolute atomic E-state index is 12.7. The Hall–Kier alpha value is -0.650. The van der Waals surface area contributed by atoms with E-state index in [1.807, 2.05) is 0 Å². The first kappa shape index (κ1) is 20.4. The Balaban J connectivity index is 2.00. The van der Waals surface area contributed by atoms with E-state index in [0.717, 1.165) is 12.8 Å². The fraction of sp³-hybridized carbons (Fsp3) is 0.941. The summed E-state index contributed by atoms with van der Waals surface area (Å²) in [6.45, 7) is 3.29. The molecule has 1 unspecified atom stereocenters. The van der Waals surface area contributed by atoms with E-state index in [9.17, 15) is 17.1 Å². The molecule has 0 saturated carbocycles. The second kappa shape index (κ2) is 11.0. The molecule has 0 N–H and O–H groups in total. The van der Waals surface area contributed by atoms with Gasteiger partial charge in [-0.25, -0.2) is 0 Å². The largest absolute Gasteiger partial charge is 0.342 e. The minimum atomic E-state index is -4.48. The Bertz CT molecular complexity index is 439. The minimum absolute atomic E-state index is 0.0328. The van der Waals surface area contributed by atoms with E-state index < -0.39 is 16.0 Å². The van der Waals surface area contributed by atoms with Crippen molar-refractivity contribution in [3.8, 4) is 0 Å². The van der Waals surface area contributed by atoms with Crippen LogP contribution >= 0.6 is 0 Å². The molecule has 1 atom stereocenters. The van der Waals surface area contributed by atoms with Crippen LogP contribution in [0.1, 0.15) is 77.6 Å². The maximum Gasteiger partial charge on any atom is 0.302 e. The Morgan fingerprint density at radius 2 is 1.52 bits per heavy atom. The van der Waals surface area contributed by atoms with Gasteiger partial charge in [-0.15, -0.1) is 3.89 Å². The average molecular weight is 350 g/mol. The molecule has 1 rings (SSSR count). The summed E-state index contributed by atoms with van der Waals surface area (Å²) >= 11 is 0. The molecule has 0 aromatic carbocycles. The summed E-state index contributed by atoms with van der Waals surface area (Å²) in [6, 6.07) is 0. The summed E-state index contributed by atoms with van der Waals surface area (Å²) in [6.07, 6.45) is 12.6.